The molecule has 3 aromatic rings. The maximum atomic E-state index is 14.1. The lowest BCUT2D eigenvalue weighted by Gasteiger charge is -2.30. The number of piperidine rings is 1. The number of carboxylic acids is 1. The summed E-state index contributed by atoms with van der Waals surface area (Å²) >= 11 is 2.69. The largest absolute Gasteiger partial charge is 0.481 e. The summed E-state index contributed by atoms with van der Waals surface area (Å²) in [7, 11) is 1.58. The minimum absolute atomic E-state index is 0.00421. The summed E-state index contributed by atoms with van der Waals surface area (Å²) in [6.07, 6.45) is 0.765. The molecule has 0 unspecified atom stereocenters. The number of ether oxygens (including phenoxy) is 1. The summed E-state index contributed by atoms with van der Waals surface area (Å²) in [4.78, 5) is 39.8. The van der Waals surface area contributed by atoms with Crippen molar-refractivity contribution in [3.63, 3.8) is 0 Å². The Balaban J connectivity index is 1.57. The Morgan fingerprint density at radius 3 is 2.60 bits per heavy atom. The topological polar surface area (TPSA) is 121 Å². The first-order chi connectivity index (χ1) is 21.5. The van der Waals surface area contributed by atoms with Gasteiger partial charge in [0.2, 0.25) is 0 Å². The highest BCUT2D eigenvalue weighted by atomic mass is 32.2. The molecule has 3 heterocycles. The van der Waals surface area contributed by atoms with Gasteiger partial charge in [0, 0.05) is 49.5 Å². The Bertz CT molecular complexity index is 1450. The maximum Gasteiger partial charge on any atom is 0.419 e. The first kappa shape index (κ1) is 34.5. The molecule has 0 spiro atoms. The molecule has 16 heteroatoms. The molecule has 0 aliphatic carbocycles. The summed E-state index contributed by atoms with van der Waals surface area (Å²) < 4.78 is 62.0. The van der Waals surface area contributed by atoms with Gasteiger partial charge in [-0.05, 0) is 37.5 Å². The van der Waals surface area contributed by atoms with Crippen LogP contribution in [0.3, 0.4) is 0 Å². The van der Waals surface area contributed by atoms with E-state index in [0.717, 1.165) is 42.1 Å². The van der Waals surface area contributed by atoms with Crippen molar-refractivity contribution >= 4 is 46.1 Å². The summed E-state index contributed by atoms with van der Waals surface area (Å²) in [6.45, 7) is 4.34. The summed E-state index contributed by atoms with van der Waals surface area (Å²) in [5, 5.41) is 12.0. The zero-order chi connectivity index (χ0) is 32.6. The first-order valence-corrected chi connectivity index (χ1v) is 16.1. The molecule has 0 radical (unpaired) electrons. The Morgan fingerprint density at radius 2 is 1.98 bits per heavy atom. The lowest BCUT2D eigenvalue weighted by molar-refractivity contribution is -0.142. The highest BCUT2D eigenvalue weighted by Gasteiger charge is 2.35. The predicted octanol–water partition coefficient (Wildman–Crippen LogP) is 6.21. The van der Waals surface area contributed by atoms with E-state index < -0.39 is 35.4 Å². The van der Waals surface area contributed by atoms with Crippen LogP contribution in [0.15, 0.2) is 30.6 Å². The van der Waals surface area contributed by atoms with Gasteiger partial charge in [0.05, 0.1) is 36.2 Å². The van der Waals surface area contributed by atoms with Crippen molar-refractivity contribution in [3.05, 3.63) is 52.5 Å². The number of carbonyl (C=O) groups excluding carboxylic acids is 1. The fourth-order valence-electron chi connectivity index (χ4n) is 4.63. The van der Waals surface area contributed by atoms with E-state index in [0.29, 0.717) is 56.3 Å². The second-order valence-corrected chi connectivity index (χ2v) is 12.6. The number of carbonyl (C=O) groups is 2. The molecule has 1 amide bonds. The number of carboxylic acid groups (broad SMARTS) is 1. The number of alkyl halides is 3. The number of methoxy groups -OCH3 is 1. The number of anilines is 2. The average molecular weight is 671 g/mol. The number of halogens is 4. The van der Waals surface area contributed by atoms with Gasteiger partial charge in [-0.1, -0.05) is 36.6 Å². The van der Waals surface area contributed by atoms with Crippen LogP contribution in [0.25, 0.3) is 11.3 Å². The van der Waals surface area contributed by atoms with E-state index in [9.17, 15) is 32.3 Å². The normalized spacial score (nSPS) is 14.2. The number of amides is 1. The summed E-state index contributed by atoms with van der Waals surface area (Å²) in [5.74, 6) is -1.87. The van der Waals surface area contributed by atoms with Crippen LogP contribution in [0.2, 0.25) is 0 Å². The SMILES string of the molecule is CCCCSN(CCOC)Cc1sc(NC(=O)c2cnc(N3CCC(C(=O)O)CC3)cn2)nc1-c1ccc(F)c(C(F)(F)F)c1. The molecule has 0 saturated carbocycles. The second-order valence-electron chi connectivity index (χ2n) is 10.3. The third-order valence-corrected chi connectivity index (χ3v) is 9.24. The van der Waals surface area contributed by atoms with Crippen molar-refractivity contribution in [1.82, 2.24) is 19.3 Å². The lowest BCUT2D eigenvalue weighted by atomic mass is 9.97. The second kappa shape index (κ2) is 15.8. The van der Waals surface area contributed by atoms with Gasteiger partial charge >= 0.3 is 12.1 Å². The van der Waals surface area contributed by atoms with Gasteiger partial charge in [-0.2, -0.15) is 13.2 Å². The number of hydrogen-bond acceptors (Lipinski definition) is 10. The van der Waals surface area contributed by atoms with Gasteiger partial charge in [0.25, 0.3) is 5.91 Å². The molecule has 1 aliphatic heterocycles. The van der Waals surface area contributed by atoms with Crippen molar-refractivity contribution < 1.29 is 37.0 Å². The molecule has 0 bridgehead atoms. The molecule has 10 nitrogen and oxygen atoms in total. The van der Waals surface area contributed by atoms with Gasteiger partial charge in [0.15, 0.2) is 5.13 Å². The number of aliphatic carboxylic acids is 1. The molecular weight excluding hydrogens is 636 g/mol. The highest BCUT2D eigenvalue weighted by Crippen LogP contribution is 2.38. The van der Waals surface area contributed by atoms with Gasteiger partial charge in [-0.15, -0.1) is 0 Å². The van der Waals surface area contributed by atoms with Crippen LogP contribution in [0, 0.1) is 11.7 Å². The van der Waals surface area contributed by atoms with Crippen LogP contribution in [0.1, 0.15) is 53.5 Å². The van der Waals surface area contributed by atoms with Crippen molar-refractivity contribution in [2.45, 2.75) is 45.3 Å². The number of aromatic nitrogens is 3. The summed E-state index contributed by atoms with van der Waals surface area (Å²) in [6, 6.07) is 2.73. The van der Waals surface area contributed by atoms with Gasteiger partial charge in [-0.25, -0.2) is 23.6 Å². The van der Waals surface area contributed by atoms with E-state index in [2.05, 4.69) is 27.2 Å². The fraction of sp³-hybridized carbons (Fsp3) is 0.483. The fourth-order valence-corrected chi connectivity index (χ4v) is 6.80. The predicted molar refractivity (Wildman–Crippen MR) is 165 cm³/mol. The van der Waals surface area contributed by atoms with Gasteiger partial charge < -0.3 is 14.7 Å². The monoisotopic (exact) mass is 670 g/mol. The van der Waals surface area contributed by atoms with E-state index in [-0.39, 0.29) is 22.1 Å². The minimum Gasteiger partial charge on any atom is -0.481 e. The van der Waals surface area contributed by atoms with Crippen LogP contribution >= 0.6 is 23.3 Å². The molecule has 2 aromatic heterocycles. The molecule has 0 atom stereocenters. The van der Waals surface area contributed by atoms with Crippen LogP contribution in [0.5, 0.6) is 0 Å². The molecule has 4 rings (SSSR count). The molecule has 45 heavy (non-hydrogen) atoms. The highest BCUT2D eigenvalue weighted by molar-refractivity contribution is 7.96. The lowest BCUT2D eigenvalue weighted by Crippen LogP contribution is -2.36. The molecule has 2 N–H and O–H groups in total. The van der Waals surface area contributed by atoms with Crippen LogP contribution in [-0.2, 0) is 22.3 Å². The Kier molecular flexibility index (Phi) is 12.1. The first-order valence-electron chi connectivity index (χ1n) is 14.3. The van der Waals surface area contributed by atoms with E-state index in [4.69, 9.17) is 4.74 Å². The molecule has 244 valence electrons. The zero-order valence-corrected chi connectivity index (χ0v) is 26.4. The van der Waals surface area contributed by atoms with E-state index in [1.165, 1.54) is 18.5 Å². The van der Waals surface area contributed by atoms with Crippen molar-refractivity contribution in [2.75, 3.05) is 49.3 Å². The third-order valence-electron chi connectivity index (χ3n) is 7.14. The molecule has 1 saturated heterocycles. The molecule has 1 aliphatic rings. The van der Waals surface area contributed by atoms with E-state index in [1.807, 2.05) is 9.21 Å². The Labute approximate surface area is 266 Å². The van der Waals surface area contributed by atoms with Crippen LogP contribution in [-0.4, -0.2) is 75.3 Å². The Hall–Kier alpha value is -3.34. The van der Waals surface area contributed by atoms with Crippen LogP contribution < -0.4 is 10.2 Å². The van der Waals surface area contributed by atoms with Crippen LogP contribution in [0.4, 0.5) is 28.5 Å². The standard InChI is InChI=1S/C29H34F4N6O4S2/c1-3-4-13-44-39(11-12-43-2)17-23-25(19-5-6-21(30)20(14-19)29(31,32)33)36-28(45-23)37-26(40)22-15-35-24(16-34-22)38-9-7-18(8-10-38)27(41)42/h5-6,14-16,18H,3-4,7-13,17H2,1-2H3,(H,41,42)(H,36,37,40). The van der Waals surface area contributed by atoms with E-state index >= 15 is 0 Å². The number of benzene rings is 1. The van der Waals surface area contributed by atoms with Gasteiger partial charge in [0.1, 0.15) is 17.3 Å². The average Bonchev–Trinajstić information content (AvgIpc) is 3.41. The van der Waals surface area contributed by atoms with Crippen molar-refractivity contribution in [3.8, 4) is 11.3 Å². The minimum atomic E-state index is -4.90. The quantitative estimate of drug-likeness (QED) is 0.116. The van der Waals surface area contributed by atoms with E-state index in [1.54, 1.807) is 19.1 Å². The number of hydrogen-bond donors (Lipinski definition) is 2. The number of nitrogens with zero attached hydrogens (tertiary/aromatic N) is 5. The molecule has 1 aromatic carbocycles. The zero-order valence-electron chi connectivity index (χ0n) is 24.8. The van der Waals surface area contributed by atoms with Crippen molar-refractivity contribution in [1.29, 1.82) is 0 Å². The third kappa shape index (κ3) is 9.34. The molecular formula is C29H34F4N6O4S2. The number of nitrogens with one attached hydrogen (secondary N) is 1. The number of thiazole rings is 1. The smallest absolute Gasteiger partial charge is 0.419 e. The molecule has 1 fully saturated rings. The van der Waals surface area contributed by atoms with Crippen molar-refractivity contribution in [2.24, 2.45) is 5.92 Å². The van der Waals surface area contributed by atoms with Gasteiger partial charge in [-0.3, -0.25) is 14.9 Å². The number of unbranched alkanes of at least 4 members (excludes halogenated alkanes) is 1. The summed E-state index contributed by atoms with van der Waals surface area (Å²) in [5.41, 5.74) is -1.14. The Morgan fingerprint density at radius 1 is 1.22 bits per heavy atom. The number of rotatable bonds is 14. The maximum absolute atomic E-state index is 14.1.